The molecule has 0 aliphatic heterocycles. The maximum atomic E-state index is 6.85. The molecule has 53 heavy (non-hydrogen) atoms. The normalized spacial score (nSPS) is 11.8. The van der Waals surface area contributed by atoms with Gasteiger partial charge in [-0.1, -0.05) is 133 Å². The van der Waals surface area contributed by atoms with Crippen molar-refractivity contribution in [1.82, 2.24) is 0 Å². The van der Waals surface area contributed by atoms with Gasteiger partial charge in [-0.3, -0.25) is 0 Å². The summed E-state index contributed by atoms with van der Waals surface area (Å²) >= 11 is 1.85. The molecule has 0 spiro atoms. The fourth-order valence-corrected chi connectivity index (χ4v) is 9.22. The van der Waals surface area contributed by atoms with E-state index in [1.54, 1.807) is 0 Å². The number of fused-ring (bicyclic) bond motifs is 9. The standard InChI is InChI=1S/C50H31NOS/c1-2-10-32(11-3-1)34-22-25-38(26-23-34)51(39-27-29-47-43(31-39)41-15-6-7-19-46(41)53-47)44-18-8-14-35-24-28-45-49(48(35)44)42-17-9-16-40(50(42)52-45)37-21-20-33-12-4-5-13-36(33)30-37/h1-31H. The lowest BCUT2D eigenvalue weighted by atomic mass is 9.97. The topological polar surface area (TPSA) is 16.4 Å². The average Bonchev–Trinajstić information content (AvgIpc) is 3.80. The van der Waals surface area contributed by atoms with Crippen LogP contribution in [0.3, 0.4) is 0 Å². The Labute approximate surface area is 310 Å². The van der Waals surface area contributed by atoms with Crippen LogP contribution in [0.25, 0.3) is 85.9 Å². The minimum Gasteiger partial charge on any atom is -0.455 e. The van der Waals surface area contributed by atoms with Gasteiger partial charge in [-0.15, -0.1) is 11.3 Å². The number of nitrogens with zero attached hydrogens (tertiary/aromatic N) is 1. The molecular weight excluding hydrogens is 663 g/mol. The third-order valence-corrected chi connectivity index (χ3v) is 11.8. The van der Waals surface area contributed by atoms with Crippen LogP contribution in [-0.2, 0) is 0 Å². The van der Waals surface area contributed by atoms with Crippen LogP contribution in [0.4, 0.5) is 17.1 Å². The highest BCUT2D eigenvalue weighted by Gasteiger charge is 2.22. The number of anilines is 3. The predicted molar refractivity (Wildman–Crippen MR) is 227 cm³/mol. The Morgan fingerprint density at radius 1 is 0.396 bits per heavy atom. The minimum atomic E-state index is 0.881. The van der Waals surface area contributed by atoms with Crippen LogP contribution >= 0.6 is 11.3 Å². The lowest BCUT2D eigenvalue weighted by Crippen LogP contribution is -2.10. The summed E-state index contributed by atoms with van der Waals surface area (Å²) < 4.78 is 9.44. The van der Waals surface area contributed by atoms with Gasteiger partial charge in [0.25, 0.3) is 0 Å². The van der Waals surface area contributed by atoms with Gasteiger partial charge in [-0.05, 0) is 87.4 Å². The highest BCUT2D eigenvalue weighted by molar-refractivity contribution is 7.25. The van der Waals surface area contributed by atoms with Crippen molar-refractivity contribution in [2.75, 3.05) is 4.90 Å². The van der Waals surface area contributed by atoms with Crippen molar-refractivity contribution in [3.63, 3.8) is 0 Å². The number of para-hydroxylation sites is 1. The second kappa shape index (κ2) is 11.9. The highest BCUT2D eigenvalue weighted by Crippen LogP contribution is 2.47. The Morgan fingerprint density at radius 3 is 1.98 bits per heavy atom. The second-order valence-electron chi connectivity index (χ2n) is 13.7. The van der Waals surface area contributed by atoms with Crippen molar-refractivity contribution in [1.29, 1.82) is 0 Å². The Kier molecular flexibility index (Phi) is 6.76. The van der Waals surface area contributed by atoms with Gasteiger partial charge in [-0.2, -0.15) is 0 Å². The molecule has 0 bridgehead atoms. The first kappa shape index (κ1) is 30.0. The van der Waals surface area contributed by atoms with E-state index in [1.165, 1.54) is 52.8 Å². The van der Waals surface area contributed by atoms with Gasteiger partial charge in [0.2, 0.25) is 0 Å². The molecule has 11 aromatic rings. The minimum absolute atomic E-state index is 0.881. The number of hydrogen-bond donors (Lipinski definition) is 0. The molecule has 11 rings (SSSR count). The van der Waals surface area contributed by atoms with Gasteiger partial charge in [0.1, 0.15) is 11.2 Å². The van der Waals surface area contributed by atoms with E-state index < -0.39 is 0 Å². The van der Waals surface area contributed by atoms with E-state index in [2.05, 4.69) is 193 Å². The molecule has 0 saturated heterocycles. The van der Waals surface area contributed by atoms with Crippen molar-refractivity contribution >= 4 is 92.1 Å². The summed E-state index contributed by atoms with van der Waals surface area (Å²) in [5.74, 6) is 0. The van der Waals surface area contributed by atoms with Crippen LogP contribution in [0.2, 0.25) is 0 Å². The van der Waals surface area contributed by atoms with Crippen LogP contribution in [0.15, 0.2) is 192 Å². The maximum absolute atomic E-state index is 6.85. The second-order valence-corrected chi connectivity index (χ2v) is 14.8. The van der Waals surface area contributed by atoms with Crippen LogP contribution in [0, 0.1) is 0 Å². The summed E-state index contributed by atoms with van der Waals surface area (Å²) in [7, 11) is 0. The monoisotopic (exact) mass is 693 g/mol. The zero-order chi connectivity index (χ0) is 34.9. The van der Waals surface area contributed by atoms with E-state index in [1.807, 2.05) is 11.3 Å². The molecule has 0 aliphatic carbocycles. The van der Waals surface area contributed by atoms with Gasteiger partial charge < -0.3 is 9.32 Å². The van der Waals surface area contributed by atoms with E-state index in [0.29, 0.717) is 0 Å². The molecule has 0 amide bonds. The van der Waals surface area contributed by atoms with Gasteiger partial charge in [0.05, 0.1) is 5.69 Å². The van der Waals surface area contributed by atoms with Gasteiger partial charge in [0, 0.05) is 53.3 Å². The molecule has 3 heteroatoms. The number of furan rings is 1. The number of rotatable bonds is 5. The molecule has 2 aromatic heterocycles. The SMILES string of the molecule is c1ccc(-c2ccc(N(c3ccc4sc5ccccc5c4c3)c3cccc4ccc5oc6c(-c7ccc8ccccc8c7)cccc6c5c34)cc2)cc1. The summed E-state index contributed by atoms with van der Waals surface area (Å²) in [6.45, 7) is 0. The van der Waals surface area contributed by atoms with E-state index in [0.717, 1.165) is 50.1 Å². The summed E-state index contributed by atoms with van der Waals surface area (Å²) in [5.41, 5.74) is 9.75. The molecule has 9 aromatic carbocycles. The van der Waals surface area contributed by atoms with Crippen molar-refractivity contribution < 1.29 is 4.42 Å². The number of thiophene rings is 1. The van der Waals surface area contributed by atoms with Crippen molar-refractivity contribution in [3.05, 3.63) is 188 Å². The molecule has 0 saturated carbocycles. The van der Waals surface area contributed by atoms with E-state index in [4.69, 9.17) is 4.42 Å². The molecule has 0 N–H and O–H groups in total. The molecule has 0 atom stereocenters. The quantitative estimate of drug-likeness (QED) is 0.178. The predicted octanol–water partition coefficient (Wildman–Crippen LogP) is 15.1. The fourth-order valence-electron chi connectivity index (χ4n) is 8.13. The third kappa shape index (κ3) is 4.86. The molecule has 0 radical (unpaired) electrons. The van der Waals surface area contributed by atoms with Gasteiger partial charge in [0.15, 0.2) is 0 Å². The van der Waals surface area contributed by atoms with E-state index in [-0.39, 0.29) is 0 Å². The molecule has 0 fully saturated rings. The van der Waals surface area contributed by atoms with Gasteiger partial charge in [-0.25, -0.2) is 0 Å². The lowest BCUT2D eigenvalue weighted by molar-refractivity contribution is 0.670. The summed E-state index contributed by atoms with van der Waals surface area (Å²) in [6.07, 6.45) is 0. The zero-order valence-electron chi connectivity index (χ0n) is 28.7. The third-order valence-electron chi connectivity index (χ3n) is 10.6. The molecule has 0 aliphatic rings. The van der Waals surface area contributed by atoms with Crippen molar-refractivity contribution in [2.45, 2.75) is 0 Å². The summed E-state index contributed by atoms with van der Waals surface area (Å²) in [4.78, 5) is 2.43. The molecule has 0 unspecified atom stereocenters. The lowest BCUT2D eigenvalue weighted by Gasteiger charge is -2.27. The molecular formula is C50H31NOS. The summed E-state index contributed by atoms with van der Waals surface area (Å²) in [6, 6.07) is 68.0. The highest BCUT2D eigenvalue weighted by atomic mass is 32.1. The van der Waals surface area contributed by atoms with E-state index in [9.17, 15) is 0 Å². The molecule has 2 heterocycles. The maximum Gasteiger partial charge on any atom is 0.143 e. The van der Waals surface area contributed by atoms with Crippen LogP contribution in [-0.4, -0.2) is 0 Å². The van der Waals surface area contributed by atoms with Crippen molar-refractivity contribution in [3.8, 4) is 22.3 Å². The van der Waals surface area contributed by atoms with E-state index >= 15 is 0 Å². The first-order valence-electron chi connectivity index (χ1n) is 18.0. The van der Waals surface area contributed by atoms with Crippen LogP contribution in [0.1, 0.15) is 0 Å². The molecule has 2 nitrogen and oxygen atoms in total. The summed E-state index contributed by atoms with van der Waals surface area (Å²) in [5, 5.41) is 9.59. The average molecular weight is 694 g/mol. The Hall–Kier alpha value is -6.68. The Balaban J connectivity index is 1.17. The Bertz CT molecular complexity index is 3170. The number of hydrogen-bond acceptors (Lipinski definition) is 3. The van der Waals surface area contributed by atoms with Crippen molar-refractivity contribution in [2.24, 2.45) is 0 Å². The smallest absolute Gasteiger partial charge is 0.143 e. The fraction of sp³-hybridized carbons (Fsp3) is 0. The van der Waals surface area contributed by atoms with Crippen LogP contribution in [0.5, 0.6) is 0 Å². The molecule has 248 valence electrons. The van der Waals surface area contributed by atoms with Crippen LogP contribution < -0.4 is 4.90 Å². The van der Waals surface area contributed by atoms with Gasteiger partial charge >= 0.3 is 0 Å². The first-order valence-corrected chi connectivity index (χ1v) is 18.8. The Morgan fingerprint density at radius 2 is 1.08 bits per heavy atom. The first-order chi connectivity index (χ1) is 26.3. The zero-order valence-corrected chi connectivity index (χ0v) is 29.5. The number of benzene rings is 9. The largest absolute Gasteiger partial charge is 0.455 e.